The maximum Gasteiger partial charge on any atom is 0.316 e. The standard InChI is InChI=1S/C25H37N5O3S/c1-15(26-4)27-24(33)29-19-12-13-34-20-14-25(2,3)21(30(20)23(19)32)22(31)28-18-11-7-9-16-8-5-6-10-17(16)18/h5-6,8,10,15,18-21,26H,7,9,11-14H2,1-4H3,(H,28,31)(H2,27,29,33)/t15-,18-,19+,20+,21-/m1/s1. The molecule has 2 fully saturated rings. The molecule has 4 N–H and O–H groups in total. The van der Waals surface area contributed by atoms with Gasteiger partial charge in [-0.15, -0.1) is 11.8 Å². The topological polar surface area (TPSA) is 103 Å². The molecule has 4 rings (SSSR count). The van der Waals surface area contributed by atoms with E-state index in [1.54, 1.807) is 23.7 Å². The summed E-state index contributed by atoms with van der Waals surface area (Å²) in [6.45, 7) is 5.96. The average Bonchev–Trinajstić information content (AvgIpc) is 2.99. The zero-order valence-corrected chi connectivity index (χ0v) is 21.3. The second kappa shape index (κ2) is 10.2. The number of aryl methyl sites for hydroxylation is 1. The molecular weight excluding hydrogens is 450 g/mol. The van der Waals surface area contributed by atoms with Crippen LogP contribution in [0.25, 0.3) is 0 Å². The fourth-order valence-corrected chi connectivity index (χ4v) is 7.05. The zero-order valence-electron chi connectivity index (χ0n) is 20.5. The summed E-state index contributed by atoms with van der Waals surface area (Å²) in [6, 6.07) is 6.64. The Labute approximate surface area is 206 Å². The van der Waals surface area contributed by atoms with E-state index in [1.807, 2.05) is 19.1 Å². The Kier molecular flexibility index (Phi) is 7.42. The molecule has 8 nitrogen and oxygen atoms in total. The summed E-state index contributed by atoms with van der Waals surface area (Å²) < 4.78 is 0. The van der Waals surface area contributed by atoms with Gasteiger partial charge in [-0.2, -0.15) is 0 Å². The molecule has 0 saturated carbocycles. The number of hydrogen-bond acceptors (Lipinski definition) is 5. The predicted octanol–water partition coefficient (Wildman–Crippen LogP) is 2.50. The van der Waals surface area contributed by atoms with Gasteiger partial charge < -0.3 is 26.2 Å². The Morgan fingerprint density at radius 1 is 1.15 bits per heavy atom. The van der Waals surface area contributed by atoms with Gasteiger partial charge in [-0.1, -0.05) is 38.1 Å². The van der Waals surface area contributed by atoms with Gasteiger partial charge in [0, 0.05) is 0 Å². The molecule has 0 bridgehead atoms. The van der Waals surface area contributed by atoms with E-state index in [4.69, 9.17) is 0 Å². The van der Waals surface area contributed by atoms with Crippen LogP contribution in [0.15, 0.2) is 24.3 Å². The van der Waals surface area contributed by atoms with Crippen molar-refractivity contribution in [2.75, 3.05) is 12.8 Å². The molecule has 1 aromatic rings. The van der Waals surface area contributed by atoms with Crippen molar-refractivity contribution >= 4 is 29.6 Å². The third-order valence-corrected chi connectivity index (χ3v) is 8.57. The van der Waals surface area contributed by atoms with E-state index in [-0.39, 0.29) is 40.8 Å². The number of benzene rings is 1. The molecule has 2 heterocycles. The minimum absolute atomic E-state index is 0.0373. The van der Waals surface area contributed by atoms with E-state index in [1.165, 1.54) is 11.1 Å². The second-order valence-corrected chi connectivity index (χ2v) is 11.6. The summed E-state index contributed by atoms with van der Waals surface area (Å²) >= 11 is 1.71. The quantitative estimate of drug-likeness (QED) is 0.478. The fourth-order valence-electron chi connectivity index (χ4n) is 5.47. The molecule has 9 heteroatoms. The van der Waals surface area contributed by atoms with Crippen LogP contribution in [0.2, 0.25) is 0 Å². The number of urea groups is 1. The normalized spacial score (nSPS) is 28.8. The van der Waals surface area contributed by atoms with E-state index < -0.39 is 12.1 Å². The van der Waals surface area contributed by atoms with Crippen molar-refractivity contribution in [2.45, 2.75) is 82.5 Å². The van der Waals surface area contributed by atoms with Crippen LogP contribution in [0.1, 0.15) is 63.6 Å². The first-order chi connectivity index (χ1) is 16.2. The van der Waals surface area contributed by atoms with Crippen molar-refractivity contribution in [3.8, 4) is 0 Å². The Balaban J connectivity index is 1.53. The highest BCUT2D eigenvalue weighted by molar-refractivity contribution is 7.99. The van der Waals surface area contributed by atoms with Crippen molar-refractivity contribution in [3.63, 3.8) is 0 Å². The van der Waals surface area contributed by atoms with Crippen LogP contribution in [-0.4, -0.2) is 59.2 Å². The van der Waals surface area contributed by atoms with Gasteiger partial charge in [0.1, 0.15) is 12.1 Å². The van der Waals surface area contributed by atoms with Gasteiger partial charge in [-0.05, 0) is 68.4 Å². The van der Waals surface area contributed by atoms with Gasteiger partial charge in [-0.25, -0.2) is 4.79 Å². The van der Waals surface area contributed by atoms with E-state index >= 15 is 0 Å². The van der Waals surface area contributed by atoms with Crippen molar-refractivity contribution in [3.05, 3.63) is 35.4 Å². The zero-order chi connectivity index (χ0) is 24.5. The lowest BCUT2D eigenvalue weighted by Gasteiger charge is -2.36. The molecule has 2 aliphatic heterocycles. The van der Waals surface area contributed by atoms with Crippen molar-refractivity contribution < 1.29 is 14.4 Å². The van der Waals surface area contributed by atoms with E-state index in [0.717, 1.165) is 31.4 Å². The molecule has 0 spiro atoms. The first-order valence-electron chi connectivity index (χ1n) is 12.3. The van der Waals surface area contributed by atoms with E-state index in [0.29, 0.717) is 6.42 Å². The third kappa shape index (κ3) is 5.05. The van der Waals surface area contributed by atoms with Crippen LogP contribution in [0.4, 0.5) is 4.79 Å². The predicted molar refractivity (Wildman–Crippen MR) is 134 cm³/mol. The SMILES string of the molecule is CN[C@@H](C)NC(=O)N[C@H]1CCS[C@H]2CC(C)(C)[C@@H](C(=O)N[C@@H]3CCCc4ccccc43)N2C1=O. The highest BCUT2D eigenvalue weighted by Gasteiger charge is 2.54. The molecule has 0 radical (unpaired) electrons. The lowest BCUT2D eigenvalue weighted by molar-refractivity contribution is -0.142. The van der Waals surface area contributed by atoms with Crippen molar-refractivity contribution in [1.82, 2.24) is 26.2 Å². The number of nitrogens with one attached hydrogen (secondary N) is 4. The maximum absolute atomic E-state index is 13.7. The van der Waals surface area contributed by atoms with Gasteiger partial charge in [0.05, 0.1) is 17.6 Å². The molecule has 2 saturated heterocycles. The van der Waals surface area contributed by atoms with Crippen molar-refractivity contribution in [1.29, 1.82) is 0 Å². The summed E-state index contributed by atoms with van der Waals surface area (Å²) in [7, 11) is 1.75. The van der Waals surface area contributed by atoms with Crippen LogP contribution >= 0.6 is 11.8 Å². The van der Waals surface area contributed by atoms with Crippen LogP contribution in [0.5, 0.6) is 0 Å². The highest BCUT2D eigenvalue weighted by Crippen LogP contribution is 2.46. The molecule has 1 aliphatic carbocycles. The molecule has 186 valence electrons. The fraction of sp³-hybridized carbons (Fsp3) is 0.640. The molecule has 5 atom stereocenters. The monoisotopic (exact) mass is 487 g/mol. The highest BCUT2D eigenvalue weighted by atomic mass is 32.2. The number of amides is 4. The van der Waals surface area contributed by atoms with Crippen LogP contribution in [-0.2, 0) is 16.0 Å². The Bertz CT molecular complexity index is 939. The van der Waals surface area contributed by atoms with Gasteiger partial charge >= 0.3 is 6.03 Å². The summed E-state index contributed by atoms with van der Waals surface area (Å²) in [5.41, 5.74) is 2.10. The number of carbonyl (C=O) groups is 3. The van der Waals surface area contributed by atoms with Gasteiger partial charge in [0.15, 0.2) is 0 Å². The first-order valence-corrected chi connectivity index (χ1v) is 13.3. The largest absolute Gasteiger partial charge is 0.347 e. The number of carbonyl (C=O) groups excluding carboxylic acids is 3. The number of rotatable bonds is 5. The lowest BCUT2D eigenvalue weighted by Crippen LogP contribution is -2.58. The number of nitrogens with zero attached hydrogens (tertiary/aromatic N) is 1. The average molecular weight is 488 g/mol. The molecule has 0 unspecified atom stereocenters. The van der Waals surface area contributed by atoms with Gasteiger partial charge in [0.2, 0.25) is 11.8 Å². The Hall–Kier alpha value is -2.26. The summed E-state index contributed by atoms with van der Waals surface area (Å²) in [4.78, 5) is 41.6. The summed E-state index contributed by atoms with van der Waals surface area (Å²) in [5, 5.41) is 11.8. The Morgan fingerprint density at radius 3 is 2.68 bits per heavy atom. The maximum atomic E-state index is 13.7. The van der Waals surface area contributed by atoms with Crippen LogP contribution in [0.3, 0.4) is 0 Å². The smallest absolute Gasteiger partial charge is 0.316 e. The van der Waals surface area contributed by atoms with Crippen molar-refractivity contribution in [2.24, 2.45) is 5.41 Å². The van der Waals surface area contributed by atoms with Crippen LogP contribution in [0, 0.1) is 5.41 Å². The molecular formula is C25H37N5O3S. The van der Waals surface area contributed by atoms with Crippen LogP contribution < -0.4 is 21.3 Å². The lowest BCUT2D eigenvalue weighted by atomic mass is 9.83. The first kappa shape index (κ1) is 24.9. The number of fused-ring (bicyclic) bond motifs is 2. The molecule has 4 amide bonds. The molecule has 0 aromatic heterocycles. The number of thioether (sulfide) groups is 1. The number of hydrogen-bond donors (Lipinski definition) is 4. The molecule has 3 aliphatic rings. The molecule has 1 aromatic carbocycles. The summed E-state index contributed by atoms with van der Waals surface area (Å²) in [6.07, 6.45) is 4.04. The second-order valence-electron chi connectivity index (χ2n) is 10.3. The van der Waals surface area contributed by atoms with E-state index in [2.05, 4.69) is 47.2 Å². The third-order valence-electron chi connectivity index (χ3n) is 7.32. The van der Waals surface area contributed by atoms with Gasteiger partial charge in [-0.3, -0.25) is 9.59 Å². The van der Waals surface area contributed by atoms with E-state index in [9.17, 15) is 14.4 Å². The van der Waals surface area contributed by atoms with Gasteiger partial charge in [0.25, 0.3) is 0 Å². The minimum Gasteiger partial charge on any atom is -0.347 e. The summed E-state index contributed by atoms with van der Waals surface area (Å²) in [5.74, 6) is 0.480. The molecule has 34 heavy (non-hydrogen) atoms. The Morgan fingerprint density at radius 2 is 1.91 bits per heavy atom. The minimum atomic E-state index is -0.652.